The lowest BCUT2D eigenvalue weighted by Crippen LogP contribution is -2.40. The van der Waals surface area contributed by atoms with Crippen molar-refractivity contribution in [1.29, 1.82) is 0 Å². The summed E-state index contributed by atoms with van der Waals surface area (Å²) in [6.45, 7) is 5.69. The molecule has 0 spiro atoms. The summed E-state index contributed by atoms with van der Waals surface area (Å²) in [4.78, 5) is 38.4. The summed E-state index contributed by atoms with van der Waals surface area (Å²) < 4.78 is 5.42. The first-order valence-corrected chi connectivity index (χ1v) is 9.50. The molecule has 0 saturated carbocycles. The molecule has 0 unspecified atom stereocenters. The minimum Gasteiger partial charge on any atom is -0.378 e. The van der Waals surface area contributed by atoms with E-state index in [9.17, 15) is 9.59 Å². The van der Waals surface area contributed by atoms with Crippen LogP contribution in [0, 0.1) is 0 Å². The van der Waals surface area contributed by atoms with Crippen LogP contribution in [-0.4, -0.2) is 59.4 Å². The highest BCUT2D eigenvalue weighted by Crippen LogP contribution is 2.28. The third kappa shape index (κ3) is 3.22. The Morgan fingerprint density at radius 2 is 1.88 bits per heavy atom. The molecule has 2 aromatic rings. The highest BCUT2D eigenvalue weighted by Gasteiger charge is 2.28. The van der Waals surface area contributed by atoms with Gasteiger partial charge in [0.15, 0.2) is 5.78 Å². The average Bonchev–Trinajstić information content (AvgIpc) is 3.18. The highest BCUT2D eigenvalue weighted by atomic mass is 32.1. The normalized spacial score (nSPS) is 17.1. The Balaban J connectivity index is 1.54. The number of ether oxygens (including phenoxy) is 1. The minimum absolute atomic E-state index is 0.0130. The number of morpholine rings is 1. The van der Waals surface area contributed by atoms with Gasteiger partial charge in [-0.3, -0.25) is 9.59 Å². The molecule has 2 aliphatic rings. The molecule has 2 aromatic heterocycles. The summed E-state index contributed by atoms with van der Waals surface area (Å²) in [5.41, 5.74) is 2.04. The van der Waals surface area contributed by atoms with E-state index < -0.39 is 0 Å². The van der Waals surface area contributed by atoms with Gasteiger partial charge in [0.2, 0.25) is 0 Å². The molecule has 26 heavy (non-hydrogen) atoms. The first-order valence-electron chi connectivity index (χ1n) is 8.69. The molecule has 0 radical (unpaired) electrons. The number of rotatable bonds is 3. The smallest absolute Gasteiger partial charge is 0.264 e. The summed E-state index contributed by atoms with van der Waals surface area (Å²) in [5.74, 6) is 0.918. The van der Waals surface area contributed by atoms with Gasteiger partial charge in [0.05, 0.1) is 35.2 Å². The fourth-order valence-electron chi connectivity index (χ4n) is 3.36. The van der Waals surface area contributed by atoms with E-state index in [1.54, 1.807) is 23.4 Å². The van der Waals surface area contributed by atoms with E-state index >= 15 is 0 Å². The molecule has 136 valence electrons. The van der Waals surface area contributed by atoms with Gasteiger partial charge < -0.3 is 14.5 Å². The fraction of sp³-hybridized carbons (Fsp3) is 0.444. The molecule has 0 aliphatic carbocycles. The van der Waals surface area contributed by atoms with E-state index in [0.29, 0.717) is 36.1 Å². The van der Waals surface area contributed by atoms with Crippen LogP contribution in [-0.2, 0) is 17.7 Å². The van der Waals surface area contributed by atoms with Crippen LogP contribution in [0.1, 0.15) is 37.5 Å². The van der Waals surface area contributed by atoms with Gasteiger partial charge in [-0.1, -0.05) is 0 Å². The Morgan fingerprint density at radius 3 is 2.62 bits per heavy atom. The molecule has 0 bridgehead atoms. The van der Waals surface area contributed by atoms with Crippen molar-refractivity contribution in [2.75, 3.05) is 37.7 Å². The van der Waals surface area contributed by atoms with E-state index in [2.05, 4.69) is 14.9 Å². The fourth-order valence-corrected chi connectivity index (χ4v) is 4.23. The molecule has 8 heteroatoms. The maximum absolute atomic E-state index is 12.8. The zero-order valence-electron chi connectivity index (χ0n) is 14.6. The summed E-state index contributed by atoms with van der Waals surface area (Å²) in [5, 5.41) is 0. The first kappa shape index (κ1) is 17.1. The van der Waals surface area contributed by atoms with Crippen molar-refractivity contribution in [3.63, 3.8) is 0 Å². The summed E-state index contributed by atoms with van der Waals surface area (Å²) in [6, 6.07) is 3.45. The topological polar surface area (TPSA) is 75.6 Å². The van der Waals surface area contributed by atoms with Gasteiger partial charge in [0, 0.05) is 25.2 Å². The number of thiophene rings is 1. The molecule has 0 N–H and O–H groups in total. The number of carbonyl (C=O) groups excluding carboxylic acids is 2. The number of fused-ring (bicyclic) bond motifs is 1. The van der Waals surface area contributed by atoms with Crippen LogP contribution in [0.5, 0.6) is 0 Å². The maximum Gasteiger partial charge on any atom is 0.264 e. The first-order chi connectivity index (χ1) is 12.6. The zero-order valence-corrected chi connectivity index (χ0v) is 15.4. The van der Waals surface area contributed by atoms with E-state index in [-0.39, 0.29) is 11.7 Å². The lowest BCUT2D eigenvalue weighted by atomic mass is 10.0. The average molecular weight is 372 g/mol. The molecule has 1 fully saturated rings. The van der Waals surface area contributed by atoms with Crippen LogP contribution in [0.15, 0.2) is 18.5 Å². The van der Waals surface area contributed by atoms with Crippen LogP contribution in [0.3, 0.4) is 0 Å². The van der Waals surface area contributed by atoms with Crippen molar-refractivity contribution in [3.05, 3.63) is 39.5 Å². The summed E-state index contributed by atoms with van der Waals surface area (Å²) >= 11 is 1.25. The largest absolute Gasteiger partial charge is 0.378 e. The van der Waals surface area contributed by atoms with Crippen molar-refractivity contribution in [2.45, 2.75) is 19.9 Å². The molecule has 4 rings (SSSR count). The Hall–Kier alpha value is -2.32. The second kappa shape index (κ2) is 7.13. The van der Waals surface area contributed by atoms with E-state index in [0.717, 1.165) is 36.6 Å². The maximum atomic E-state index is 12.8. The van der Waals surface area contributed by atoms with Crippen LogP contribution in [0.25, 0.3) is 0 Å². The van der Waals surface area contributed by atoms with Crippen molar-refractivity contribution in [2.24, 2.45) is 0 Å². The standard InChI is InChI=1S/C18H20N4O3S/c1-12(23)15-2-3-16(26-15)18(24)22-5-4-13-14(10-22)19-11-20-17(13)21-6-8-25-9-7-21/h2-3,11H,4-10H2,1H3. The second-order valence-corrected chi connectivity index (χ2v) is 7.50. The molecular formula is C18H20N4O3S. The Morgan fingerprint density at radius 1 is 1.12 bits per heavy atom. The van der Waals surface area contributed by atoms with E-state index in [1.807, 2.05) is 0 Å². The van der Waals surface area contributed by atoms with Crippen LogP contribution in [0.4, 0.5) is 5.82 Å². The number of ketones is 1. The molecule has 0 atom stereocenters. The Kier molecular flexibility index (Phi) is 4.69. The van der Waals surface area contributed by atoms with Crippen molar-refractivity contribution in [3.8, 4) is 0 Å². The third-order valence-corrected chi connectivity index (χ3v) is 5.92. The lowest BCUT2D eigenvalue weighted by molar-refractivity contribution is 0.0736. The van der Waals surface area contributed by atoms with Gasteiger partial charge in [0.25, 0.3) is 5.91 Å². The van der Waals surface area contributed by atoms with Crippen molar-refractivity contribution >= 4 is 28.8 Å². The number of Topliss-reactive ketones (excluding diaryl/α,β-unsaturated/α-hetero) is 1. The second-order valence-electron chi connectivity index (χ2n) is 6.42. The SMILES string of the molecule is CC(=O)c1ccc(C(=O)N2CCc3c(ncnc3N3CCOCC3)C2)s1. The third-order valence-electron chi connectivity index (χ3n) is 4.75. The van der Waals surface area contributed by atoms with Crippen molar-refractivity contribution < 1.29 is 14.3 Å². The van der Waals surface area contributed by atoms with Gasteiger partial charge in [-0.05, 0) is 25.5 Å². The monoisotopic (exact) mass is 372 g/mol. The van der Waals surface area contributed by atoms with Crippen LogP contribution in [0.2, 0.25) is 0 Å². The number of anilines is 1. The van der Waals surface area contributed by atoms with Crippen molar-refractivity contribution in [1.82, 2.24) is 14.9 Å². The van der Waals surface area contributed by atoms with Gasteiger partial charge in [-0.2, -0.15) is 0 Å². The Bertz CT molecular complexity index is 845. The number of aromatic nitrogens is 2. The van der Waals surface area contributed by atoms with Gasteiger partial charge in [-0.15, -0.1) is 11.3 Å². The lowest BCUT2D eigenvalue weighted by Gasteiger charge is -2.33. The molecule has 7 nitrogen and oxygen atoms in total. The quantitative estimate of drug-likeness (QED) is 0.765. The molecule has 2 aliphatic heterocycles. The number of hydrogen-bond donors (Lipinski definition) is 0. The number of nitrogens with zero attached hydrogens (tertiary/aromatic N) is 4. The van der Waals surface area contributed by atoms with Gasteiger partial charge in [0.1, 0.15) is 12.1 Å². The summed E-state index contributed by atoms with van der Waals surface area (Å²) in [6.07, 6.45) is 2.32. The van der Waals surface area contributed by atoms with Crippen LogP contribution < -0.4 is 4.90 Å². The Labute approximate surface area is 155 Å². The molecule has 4 heterocycles. The predicted molar refractivity (Wildman–Crippen MR) is 97.8 cm³/mol. The summed E-state index contributed by atoms with van der Waals surface area (Å²) in [7, 11) is 0. The van der Waals surface area contributed by atoms with E-state index in [4.69, 9.17) is 4.74 Å². The highest BCUT2D eigenvalue weighted by molar-refractivity contribution is 7.15. The molecule has 1 amide bonds. The number of amides is 1. The van der Waals surface area contributed by atoms with Crippen LogP contribution >= 0.6 is 11.3 Å². The molecule has 0 aromatic carbocycles. The predicted octanol–water partition coefficient (Wildman–Crippen LogP) is 1.78. The number of carbonyl (C=O) groups is 2. The molecular weight excluding hydrogens is 352 g/mol. The number of hydrogen-bond acceptors (Lipinski definition) is 7. The van der Waals surface area contributed by atoms with Gasteiger partial charge >= 0.3 is 0 Å². The molecule has 1 saturated heterocycles. The zero-order chi connectivity index (χ0) is 18.1. The van der Waals surface area contributed by atoms with Gasteiger partial charge in [-0.25, -0.2) is 9.97 Å². The minimum atomic E-state index is -0.0420. The van der Waals surface area contributed by atoms with E-state index in [1.165, 1.54) is 18.3 Å².